The summed E-state index contributed by atoms with van der Waals surface area (Å²) in [5.41, 5.74) is 5.13. The zero-order valence-electron chi connectivity index (χ0n) is 15.6. The highest BCUT2D eigenvalue weighted by Crippen LogP contribution is 2.16. The Bertz CT molecular complexity index is 908. The molecule has 3 rings (SSSR count). The van der Waals surface area contributed by atoms with E-state index < -0.39 is 0 Å². The molecule has 0 bridgehead atoms. The number of carbonyl (C=O) groups is 1. The van der Waals surface area contributed by atoms with E-state index >= 15 is 0 Å². The molecule has 0 aliphatic carbocycles. The Morgan fingerprint density at radius 1 is 0.926 bits per heavy atom. The van der Waals surface area contributed by atoms with E-state index in [0.717, 1.165) is 33.7 Å². The Kier molecular flexibility index (Phi) is 6.06. The maximum Gasteiger partial charge on any atom is 0.248 e. The van der Waals surface area contributed by atoms with Gasteiger partial charge in [0.2, 0.25) is 5.91 Å². The van der Waals surface area contributed by atoms with Crippen LogP contribution in [0.4, 0.5) is 5.69 Å². The molecular formula is C24H23NO2. The lowest BCUT2D eigenvalue weighted by atomic mass is 10.1. The van der Waals surface area contributed by atoms with Gasteiger partial charge in [0.1, 0.15) is 12.4 Å². The first-order valence-corrected chi connectivity index (χ1v) is 8.93. The Hall–Kier alpha value is -3.33. The molecule has 0 atom stereocenters. The zero-order valence-corrected chi connectivity index (χ0v) is 15.6. The molecule has 0 saturated heterocycles. The van der Waals surface area contributed by atoms with E-state index in [9.17, 15) is 4.79 Å². The van der Waals surface area contributed by atoms with E-state index in [-0.39, 0.29) is 5.91 Å². The molecule has 0 fully saturated rings. The van der Waals surface area contributed by atoms with Gasteiger partial charge >= 0.3 is 0 Å². The standard InChI is InChI=1S/C24H23NO2/c1-18-14-19(2)16-22(15-18)25-24(26)13-10-20-8-11-23(12-9-20)27-17-21-6-4-3-5-7-21/h3-16H,17H2,1-2H3,(H,25,26)/b13-10+. The first-order chi connectivity index (χ1) is 13.1. The van der Waals surface area contributed by atoms with E-state index in [1.165, 1.54) is 6.08 Å². The van der Waals surface area contributed by atoms with Gasteiger partial charge in [-0.15, -0.1) is 0 Å². The third kappa shape index (κ3) is 5.86. The molecule has 0 aliphatic rings. The Morgan fingerprint density at radius 3 is 2.26 bits per heavy atom. The Labute approximate surface area is 160 Å². The van der Waals surface area contributed by atoms with E-state index in [4.69, 9.17) is 4.74 Å². The minimum absolute atomic E-state index is 0.149. The van der Waals surface area contributed by atoms with E-state index in [1.54, 1.807) is 6.08 Å². The van der Waals surface area contributed by atoms with Crippen molar-refractivity contribution in [2.24, 2.45) is 0 Å². The number of rotatable bonds is 6. The number of hydrogen-bond donors (Lipinski definition) is 1. The summed E-state index contributed by atoms with van der Waals surface area (Å²) in [4.78, 5) is 12.1. The van der Waals surface area contributed by atoms with Crippen molar-refractivity contribution in [3.8, 4) is 5.75 Å². The molecule has 1 N–H and O–H groups in total. The van der Waals surface area contributed by atoms with Crippen LogP contribution in [0, 0.1) is 13.8 Å². The summed E-state index contributed by atoms with van der Waals surface area (Å²) >= 11 is 0. The van der Waals surface area contributed by atoms with Crippen LogP contribution in [0.3, 0.4) is 0 Å². The van der Waals surface area contributed by atoms with Crippen molar-refractivity contribution >= 4 is 17.7 Å². The quantitative estimate of drug-likeness (QED) is 0.589. The number of anilines is 1. The van der Waals surface area contributed by atoms with Crippen LogP contribution in [0.15, 0.2) is 78.9 Å². The molecule has 0 unspecified atom stereocenters. The van der Waals surface area contributed by atoms with E-state index in [1.807, 2.05) is 80.6 Å². The number of benzene rings is 3. The second-order valence-electron chi connectivity index (χ2n) is 6.54. The third-order valence-corrected chi connectivity index (χ3v) is 4.04. The fourth-order valence-corrected chi connectivity index (χ4v) is 2.82. The molecule has 3 nitrogen and oxygen atoms in total. The van der Waals surface area contributed by atoms with E-state index in [2.05, 4.69) is 11.4 Å². The maximum absolute atomic E-state index is 12.1. The van der Waals surface area contributed by atoms with Crippen LogP contribution in [0.5, 0.6) is 5.75 Å². The molecule has 0 radical (unpaired) electrons. The predicted molar refractivity (Wildman–Crippen MR) is 111 cm³/mol. The van der Waals surface area contributed by atoms with Crippen molar-refractivity contribution in [3.63, 3.8) is 0 Å². The highest BCUT2D eigenvalue weighted by atomic mass is 16.5. The number of aryl methyl sites for hydroxylation is 2. The number of carbonyl (C=O) groups excluding carboxylic acids is 1. The fraction of sp³-hybridized carbons (Fsp3) is 0.125. The summed E-state index contributed by atoms with van der Waals surface area (Å²) in [6.07, 6.45) is 3.33. The largest absolute Gasteiger partial charge is 0.489 e. The second-order valence-corrected chi connectivity index (χ2v) is 6.54. The third-order valence-electron chi connectivity index (χ3n) is 4.04. The molecule has 0 aromatic heterocycles. The van der Waals surface area contributed by atoms with Gasteiger partial charge in [-0.1, -0.05) is 48.5 Å². The normalized spacial score (nSPS) is 10.7. The molecule has 3 heteroatoms. The van der Waals surface area contributed by atoms with Crippen molar-refractivity contribution in [1.29, 1.82) is 0 Å². The number of amides is 1. The number of ether oxygens (including phenoxy) is 1. The SMILES string of the molecule is Cc1cc(C)cc(NC(=O)/C=C/c2ccc(OCc3ccccc3)cc2)c1. The van der Waals surface area contributed by atoms with Gasteiger partial charge in [-0.3, -0.25) is 4.79 Å². The van der Waals surface area contributed by atoms with Gasteiger partial charge in [0, 0.05) is 11.8 Å². The van der Waals surface area contributed by atoms with Gasteiger partial charge in [-0.25, -0.2) is 0 Å². The highest BCUT2D eigenvalue weighted by molar-refractivity contribution is 6.02. The van der Waals surface area contributed by atoms with Gasteiger partial charge in [0.15, 0.2) is 0 Å². The van der Waals surface area contributed by atoms with Crippen LogP contribution < -0.4 is 10.1 Å². The lowest BCUT2D eigenvalue weighted by molar-refractivity contribution is -0.111. The molecule has 27 heavy (non-hydrogen) atoms. The van der Waals surface area contributed by atoms with Crippen molar-refractivity contribution in [2.75, 3.05) is 5.32 Å². The second kappa shape index (κ2) is 8.86. The Balaban J connectivity index is 1.54. The van der Waals surface area contributed by atoms with Crippen LogP contribution >= 0.6 is 0 Å². The van der Waals surface area contributed by atoms with E-state index in [0.29, 0.717) is 6.61 Å². The highest BCUT2D eigenvalue weighted by Gasteiger charge is 2.00. The lowest BCUT2D eigenvalue weighted by Gasteiger charge is -2.06. The van der Waals surface area contributed by atoms with Gasteiger partial charge in [-0.05, 0) is 66.4 Å². The topological polar surface area (TPSA) is 38.3 Å². The molecule has 0 saturated carbocycles. The summed E-state index contributed by atoms with van der Waals surface area (Å²) in [6, 6.07) is 23.7. The van der Waals surface area contributed by atoms with Crippen molar-refractivity contribution in [3.05, 3.63) is 101 Å². The van der Waals surface area contributed by atoms with Crippen molar-refractivity contribution in [1.82, 2.24) is 0 Å². The van der Waals surface area contributed by atoms with Crippen LogP contribution in [0.1, 0.15) is 22.3 Å². The minimum Gasteiger partial charge on any atom is -0.489 e. The molecule has 3 aromatic rings. The number of nitrogens with one attached hydrogen (secondary N) is 1. The average molecular weight is 357 g/mol. The maximum atomic E-state index is 12.1. The van der Waals surface area contributed by atoms with Crippen molar-refractivity contribution in [2.45, 2.75) is 20.5 Å². The van der Waals surface area contributed by atoms with Gasteiger partial charge in [0.25, 0.3) is 0 Å². The average Bonchev–Trinajstić information content (AvgIpc) is 2.65. The van der Waals surface area contributed by atoms with Crippen LogP contribution in [-0.2, 0) is 11.4 Å². The van der Waals surface area contributed by atoms with Crippen molar-refractivity contribution < 1.29 is 9.53 Å². The minimum atomic E-state index is -0.149. The number of hydrogen-bond acceptors (Lipinski definition) is 2. The molecule has 1 amide bonds. The van der Waals surface area contributed by atoms with Crippen LogP contribution in [-0.4, -0.2) is 5.91 Å². The first kappa shape index (κ1) is 18.5. The predicted octanol–water partition coefficient (Wildman–Crippen LogP) is 5.53. The molecule has 3 aromatic carbocycles. The summed E-state index contributed by atoms with van der Waals surface area (Å²) in [7, 11) is 0. The molecule has 0 heterocycles. The molecule has 0 aliphatic heterocycles. The van der Waals surface area contributed by atoms with Crippen LogP contribution in [0.2, 0.25) is 0 Å². The molecular weight excluding hydrogens is 334 g/mol. The Morgan fingerprint density at radius 2 is 1.59 bits per heavy atom. The monoisotopic (exact) mass is 357 g/mol. The van der Waals surface area contributed by atoms with Crippen LogP contribution in [0.25, 0.3) is 6.08 Å². The summed E-state index contributed by atoms with van der Waals surface area (Å²) in [5.74, 6) is 0.653. The lowest BCUT2D eigenvalue weighted by Crippen LogP contribution is -2.08. The van der Waals surface area contributed by atoms with Gasteiger partial charge in [0.05, 0.1) is 0 Å². The molecule has 0 spiro atoms. The zero-order chi connectivity index (χ0) is 19.1. The molecule has 136 valence electrons. The summed E-state index contributed by atoms with van der Waals surface area (Å²) in [5, 5.41) is 2.89. The van der Waals surface area contributed by atoms with Gasteiger partial charge < -0.3 is 10.1 Å². The summed E-state index contributed by atoms with van der Waals surface area (Å²) in [6.45, 7) is 4.56. The first-order valence-electron chi connectivity index (χ1n) is 8.93. The fourth-order valence-electron chi connectivity index (χ4n) is 2.82. The smallest absolute Gasteiger partial charge is 0.248 e. The van der Waals surface area contributed by atoms with Gasteiger partial charge in [-0.2, -0.15) is 0 Å². The summed E-state index contributed by atoms with van der Waals surface area (Å²) < 4.78 is 5.77.